The molecule has 0 saturated heterocycles. The highest BCUT2D eigenvalue weighted by Crippen LogP contribution is 2.46. The monoisotopic (exact) mass is 315 g/mol. The van der Waals surface area contributed by atoms with E-state index in [4.69, 9.17) is 5.73 Å². The van der Waals surface area contributed by atoms with E-state index in [9.17, 15) is 4.79 Å². The molecule has 3 rings (SSSR count). The summed E-state index contributed by atoms with van der Waals surface area (Å²) in [6, 6.07) is 8.79. The van der Waals surface area contributed by atoms with Crippen molar-refractivity contribution in [1.29, 1.82) is 0 Å². The van der Waals surface area contributed by atoms with Gasteiger partial charge in [-0.15, -0.1) is 0 Å². The van der Waals surface area contributed by atoms with Crippen LogP contribution in [-0.4, -0.2) is 48.9 Å². The molecular formula is C19H29N3O. The van der Waals surface area contributed by atoms with Crippen LogP contribution in [0, 0.1) is 11.8 Å². The Hall–Kier alpha value is -1.55. The Kier molecular flexibility index (Phi) is 4.62. The summed E-state index contributed by atoms with van der Waals surface area (Å²) < 4.78 is 0. The Morgan fingerprint density at radius 2 is 1.52 bits per heavy atom. The first-order valence-corrected chi connectivity index (χ1v) is 8.70. The van der Waals surface area contributed by atoms with Gasteiger partial charge in [-0.05, 0) is 69.3 Å². The molecule has 0 spiro atoms. The first-order chi connectivity index (χ1) is 10.9. The van der Waals surface area contributed by atoms with Crippen molar-refractivity contribution >= 4 is 11.6 Å². The Labute approximate surface area is 139 Å². The van der Waals surface area contributed by atoms with Gasteiger partial charge in [0, 0.05) is 24.8 Å². The second-order valence-corrected chi connectivity index (χ2v) is 7.66. The van der Waals surface area contributed by atoms with Crippen LogP contribution in [-0.2, 0) is 11.2 Å². The fourth-order valence-electron chi connectivity index (χ4n) is 4.43. The van der Waals surface area contributed by atoms with E-state index in [-0.39, 0.29) is 5.91 Å². The molecule has 0 radical (unpaired) electrons. The predicted molar refractivity (Wildman–Crippen MR) is 94.0 cm³/mol. The van der Waals surface area contributed by atoms with Gasteiger partial charge < -0.3 is 15.5 Å². The second-order valence-electron chi connectivity index (χ2n) is 7.66. The van der Waals surface area contributed by atoms with E-state index in [0.29, 0.717) is 12.5 Å². The maximum Gasteiger partial charge on any atom is 0.226 e. The van der Waals surface area contributed by atoms with Gasteiger partial charge in [-0.3, -0.25) is 4.79 Å². The van der Waals surface area contributed by atoms with Crippen molar-refractivity contribution < 1.29 is 4.79 Å². The van der Waals surface area contributed by atoms with E-state index in [1.165, 1.54) is 25.7 Å². The summed E-state index contributed by atoms with van der Waals surface area (Å²) in [5.74, 6) is 1.84. The van der Waals surface area contributed by atoms with Crippen LogP contribution in [0.4, 0.5) is 5.69 Å². The number of likely N-dealkylation sites (N-methyl/N-ethyl adjacent to an activating group) is 1. The van der Waals surface area contributed by atoms with Crippen LogP contribution in [0.3, 0.4) is 0 Å². The minimum atomic E-state index is 0.226. The summed E-state index contributed by atoms with van der Waals surface area (Å²) in [6.07, 6.45) is 5.43. The van der Waals surface area contributed by atoms with Gasteiger partial charge in [0.2, 0.25) is 5.91 Å². The Balaban J connectivity index is 1.54. The number of anilines is 1. The van der Waals surface area contributed by atoms with Gasteiger partial charge >= 0.3 is 0 Å². The van der Waals surface area contributed by atoms with Crippen LogP contribution in [0.1, 0.15) is 31.2 Å². The molecule has 2 fully saturated rings. The van der Waals surface area contributed by atoms with Crippen LogP contribution in [0.2, 0.25) is 0 Å². The number of nitrogen functional groups attached to an aromatic ring is 1. The molecular weight excluding hydrogens is 286 g/mol. The van der Waals surface area contributed by atoms with Crippen molar-refractivity contribution in [3.63, 3.8) is 0 Å². The molecule has 2 aliphatic rings. The summed E-state index contributed by atoms with van der Waals surface area (Å²) in [7, 11) is 6.35. The van der Waals surface area contributed by atoms with Crippen LogP contribution in [0.5, 0.6) is 0 Å². The van der Waals surface area contributed by atoms with Crippen molar-refractivity contribution in [3.8, 4) is 0 Å². The molecule has 2 N–H and O–H groups in total. The average molecular weight is 315 g/mol. The molecule has 0 aliphatic heterocycles. The van der Waals surface area contributed by atoms with Crippen LogP contribution >= 0.6 is 0 Å². The highest BCUT2D eigenvalue weighted by molar-refractivity contribution is 5.79. The molecule has 2 aliphatic carbocycles. The van der Waals surface area contributed by atoms with Crippen LogP contribution in [0.25, 0.3) is 0 Å². The summed E-state index contributed by atoms with van der Waals surface area (Å²) in [5.41, 5.74) is 7.49. The summed E-state index contributed by atoms with van der Waals surface area (Å²) >= 11 is 0. The third-order valence-corrected chi connectivity index (χ3v) is 5.97. The Morgan fingerprint density at radius 1 is 1.00 bits per heavy atom. The van der Waals surface area contributed by atoms with E-state index < -0.39 is 0 Å². The molecule has 126 valence electrons. The smallest absolute Gasteiger partial charge is 0.226 e. The van der Waals surface area contributed by atoms with Gasteiger partial charge in [0.25, 0.3) is 0 Å². The number of fused-ring (bicyclic) bond motifs is 1. The van der Waals surface area contributed by atoms with E-state index in [2.05, 4.69) is 19.0 Å². The van der Waals surface area contributed by atoms with E-state index in [0.717, 1.165) is 29.1 Å². The fraction of sp³-hybridized carbons (Fsp3) is 0.632. The largest absolute Gasteiger partial charge is 0.399 e. The van der Waals surface area contributed by atoms with Crippen LogP contribution in [0.15, 0.2) is 24.3 Å². The molecule has 23 heavy (non-hydrogen) atoms. The maximum absolute atomic E-state index is 12.6. The lowest BCUT2D eigenvalue weighted by molar-refractivity contribution is -0.131. The fourth-order valence-corrected chi connectivity index (χ4v) is 4.43. The number of hydrogen-bond acceptors (Lipinski definition) is 3. The van der Waals surface area contributed by atoms with Gasteiger partial charge in [-0.2, -0.15) is 0 Å². The third-order valence-electron chi connectivity index (χ3n) is 5.97. The zero-order chi connectivity index (χ0) is 16.6. The zero-order valence-corrected chi connectivity index (χ0v) is 14.5. The van der Waals surface area contributed by atoms with Gasteiger partial charge in [-0.1, -0.05) is 12.1 Å². The topological polar surface area (TPSA) is 49.6 Å². The average Bonchev–Trinajstić information content (AvgIpc) is 3.07. The molecule has 0 aromatic heterocycles. The lowest BCUT2D eigenvalue weighted by Crippen LogP contribution is -2.37. The van der Waals surface area contributed by atoms with Crippen molar-refractivity contribution in [2.75, 3.05) is 26.9 Å². The molecule has 4 nitrogen and oxygen atoms in total. The number of nitrogens with two attached hydrogens (primary N) is 1. The normalized spacial score (nSPS) is 29.7. The van der Waals surface area contributed by atoms with E-state index in [1.54, 1.807) is 0 Å². The highest BCUT2D eigenvalue weighted by Gasteiger charge is 2.43. The van der Waals surface area contributed by atoms with Gasteiger partial charge in [0.1, 0.15) is 0 Å². The Morgan fingerprint density at radius 3 is 2.04 bits per heavy atom. The number of hydrogen-bond donors (Lipinski definition) is 1. The standard InChI is InChI=1S/C19H29N3O/c1-21(2)17-9-14-11-18(12-15(14)10-17)22(3)19(23)8-13-4-6-16(20)7-5-13/h4-7,14-15,17-18H,8-12,20H2,1-3H3/t14-,15+,17?,18?. The highest BCUT2D eigenvalue weighted by atomic mass is 16.2. The van der Waals surface area contributed by atoms with Crippen LogP contribution < -0.4 is 5.73 Å². The Bertz CT molecular complexity index is 540. The molecule has 1 amide bonds. The molecule has 1 aromatic carbocycles. The molecule has 2 unspecified atom stereocenters. The van der Waals surface area contributed by atoms with Gasteiger partial charge in [0.15, 0.2) is 0 Å². The summed E-state index contributed by atoms with van der Waals surface area (Å²) in [5, 5.41) is 0. The molecule has 0 bridgehead atoms. The summed E-state index contributed by atoms with van der Waals surface area (Å²) in [4.78, 5) is 16.9. The molecule has 0 heterocycles. The van der Waals surface area contributed by atoms with E-state index in [1.807, 2.05) is 36.2 Å². The number of benzene rings is 1. The molecule has 2 saturated carbocycles. The number of carbonyl (C=O) groups excluding carboxylic acids is 1. The summed E-state index contributed by atoms with van der Waals surface area (Å²) in [6.45, 7) is 0. The lowest BCUT2D eigenvalue weighted by Gasteiger charge is -2.27. The van der Waals surface area contributed by atoms with Gasteiger partial charge in [0.05, 0.1) is 6.42 Å². The lowest BCUT2D eigenvalue weighted by atomic mass is 10.0. The van der Waals surface area contributed by atoms with E-state index >= 15 is 0 Å². The van der Waals surface area contributed by atoms with Crippen molar-refractivity contribution in [2.24, 2.45) is 11.8 Å². The van der Waals surface area contributed by atoms with Crippen molar-refractivity contribution in [3.05, 3.63) is 29.8 Å². The van der Waals surface area contributed by atoms with Crippen molar-refractivity contribution in [2.45, 2.75) is 44.2 Å². The first-order valence-electron chi connectivity index (χ1n) is 8.70. The third kappa shape index (κ3) is 3.52. The SMILES string of the molecule is CN(C)C1C[C@@H]2CC(N(C)C(=O)Cc3ccc(N)cc3)C[C@@H]2C1. The zero-order valence-electron chi connectivity index (χ0n) is 14.5. The van der Waals surface area contributed by atoms with Crippen molar-refractivity contribution in [1.82, 2.24) is 9.80 Å². The number of carbonyl (C=O) groups is 1. The first kappa shape index (κ1) is 16.3. The maximum atomic E-state index is 12.6. The van der Waals surface area contributed by atoms with Gasteiger partial charge in [-0.25, -0.2) is 0 Å². The second kappa shape index (κ2) is 6.52. The number of amides is 1. The molecule has 4 atom stereocenters. The molecule has 4 heteroatoms. The minimum absolute atomic E-state index is 0.226. The quantitative estimate of drug-likeness (QED) is 0.868. The molecule has 1 aromatic rings. The number of rotatable bonds is 4. The predicted octanol–water partition coefficient (Wildman–Crippen LogP) is 2.39. The number of nitrogens with zero attached hydrogens (tertiary/aromatic N) is 2. The minimum Gasteiger partial charge on any atom is -0.399 e.